The van der Waals surface area contributed by atoms with Gasteiger partial charge in [0.2, 0.25) is 0 Å². The summed E-state index contributed by atoms with van der Waals surface area (Å²) in [5.41, 5.74) is 9.90. The maximum absolute atomic E-state index is 6.09. The van der Waals surface area contributed by atoms with E-state index in [4.69, 9.17) is 5.73 Å². The molecule has 1 aliphatic heterocycles. The molecular weight excluding hydrogens is 232 g/mol. The van der Waals surface area contributed by atoms with Crippen molar-refractivity contribution in [3.63, 3.8) is 0 Å². The van der Waals surface area contributed by atoms with Crippen LogP contribution in [0.5, 0.6) is 0 Å². The zero-order chi connectivity index (χ0) is 13.5. The van der Waals surface area contributed by atoms with Crippen LogP contribution in [-0.4, -0.2) is 18.0 Å². The molecule has 0 radical (unpaired) electrons. The summed E-state index contributed by atoms with van der Waals surface area (Å²) >= 11 is 0. The number of nitrogen functional groups attached to an aromatic ring is 1. The number of hydrogen-bond acceptors (Lipinski definition) is 2. The molecule has 0 saturated heterocycles. The molecule has 2 nitrogen and oxygen atoms in total. The molecule has 0 bridgehead atoms. The summed E-state index contributed by atoms with van der Waals surface area (Å²) in [7, 11) is 0. The van der Waals surface area contributed by atoms with Gasteiger partial charge < -0.3 is 5.73 Å². The minimum Gasteiger partial charge on any atom is -0.398 e. The lowest BCUT2D eigenvalue weighted by Gasteiger charge is -2.29. The van der Waals surface area contributed by atoms with Crippen LogP contribution >= 0.6 is 0 Å². The summed E-state index contributed by atoms with van der Waals surface area (Å²) in [4.78, 5) is 2.57. The zero-order valence-corrected chi connectivity index (χ0v) is 12.3. The summed E-state index contributed by atoms with van der Waals surface area (Å²) in [6.45, 7) is 5.76. The SMILES string of the molecule is CCCCCCCCN1CCc2cccc(N)c2C1. The fraction of sp³-hybridized carbons (Fsp3) is 0.647. The van der Waals surface area contributed by atoms with Crippen molar-refractivity contribution >= 4 is 5.69 Å². The Labute approximate surface area is 118 Å². The van der Waals surface area contributed by atoms with E-state index in [-0.39, 0.29) is 0 Å². The molecule has 0 aliphatic carbocycles. The lowest BCUT2D eigenvalue weighted by atomic mass is 9.98. The molecule has 0 unspecified atom stereocenters. The minimum atomic E-state index is 0.977. The molecule has 106 valence electrons. The summed E-state index contributed by atoms with van der Waals surface area (Å²) in [6.07, 6.45) is 9.43. The monoisotopic (exact) mass is 260 g/mol. The molecule has 19 heavy (non-hydrogen) atoms. The molecule has 1 heterocycles. The van der Waals surface area contributed by atoms with Gasteiger partial charge in [-0.2, -0.15) is 0 Å². The van der Waals surface area contributed by atoms with E-state index in [1.807, 2.05) is 6.07 Å². The van der Waals surface area contributed by atoms with Crippen LogP contribution in [0.25, 0.3) is 0 Å². The van der Waals surface area contributed by atoms with Crippen molar-refractivity contribution in [2.24, 2.45) is 0 Å². The summed E-state index contributed by atoms with van der Waals surface area (Å²) < 4.78 is 0. The number of unbranched alkanes of at least 4 members (excludes halogenated alkanes) is 5. The maximum Gasteiger partial charge on any atom is 0.0362 e. The summed E-state index contributed by atoms with van der Waals surface area (Å²) in [5, 5.41) is 0. The second-order valence-corrected chi connectivity index (χ2v) is 5.78. The van der Waals surface area contributed by atoms with Crippen LogP contribution in [-0.2, 0) is 13.0 Å². The second kappa shape index (κ2) is 7.54. The Morgan fingerprint density at radius 3 is 2.74 bits per heavy atom. The summed E-state index contributed by atoms with van der Waals surface area (Å²) in [6, 6.07) is 6.35. The number of benzene rings is 1. The third kappa shape index (κ3) is 4.24. The Morgan fingerprint density at radius 2 is 1.89 bits per heavy atom. The molecule has 2 rings (SSSR count). The fourth-order valence-corrected chi connectivity index (χ4v) is 2.97. The minimum absolute atomic E-state index is 0.977. The highest BCUT2D eigenvalue weighted by Crippen LogP contribution is 2.24. The van der Waals surface area contributed by atoms with E-state index in [1.54, 1.807) is 0 Å². The maximum atomic E-state index is 6.09. The first-order chi connectivity index (χ1) is 9.31. The largest absolute Gasteiger partial charge is 0.398 e. The summed E-state index contributed by atoms with van der Waals surface area (Å²) in [5.74, 6) is 0. The van der Waals surface area contributed by atoms with Crippen molar-refractivity contribution in [2.75, 3.05) is 18.8 Å². The van der Waals surface area contributed by atoms with Crippen molar-refractivity contribution < 1.29 is 0 Å². The lowest BCUT2D eigenvalue weighted by Crippen LogP contribution is -2.31. The predicted molar refractivity (Wildman–Crippen MR) is 83.2 cm³/mol. The number of anilines is 1. The molecule has 1 aromatic rings. The molecule has 0 fully saturated rings. The van der Waals surface area contributed by atoms with Crippen molar-refractivity contribution in [3.8, 4) is 0 Å². The van der Waals surface area contributed by atoms with Gasteiger partial charge in [0.25, 0.3) is 0 Å². The van der Waals surface area contributed by atoms with Gasteiger partial charge in [-0.1, -0.05) is 51.2 Å². The normalized spacial score (nSPS) is 15.4. The number of nitrogens with zero attached hydrogens (tertiary/aromatic N) is 1. The zero-order valence-electron chi connectivity index (χ0n) is 12.3. The molecule has 2 N–H and O–H groups in total. The highest BCUT2D eigenvalue weighted by Gasteiger charge is 2.17. The van der Waals surface area contributed by atoms with Crippen LogP contribution in [0.3, 0.4) is 0 Å². The number of rotatable bonds is 7. The number of nitrogens with two attached hydrogens (primary N) is 1. The van der Waals surface area contributed by atoms with Gasteiger partial charge >= 0.3 is 0 Å². The van der Waals surface area contributed by atoms with E-state index in [0.29, 0.717) is 0 Å². The molecule has 1 aliphatic rings. The Hall–Kier alpha value is -1.02. The highest BCUT2D eigenvalue weighted by molar-refractivity contribution is 5.51. The fourth-order valence-electron chi connectivity index (χ4n) is 2.97. The van der Waals surface area contributed by atoms with E-state index in [1.165, 1.54) is 62.7 Å². The van der Waals surface area contributed by atoms with Crippen LogP contribution in [0.2, 0.25) is 0 Å². The van der Waals surface area contributed by atoms with Gasteiger partial charge in [0, 0.05) is 18.8 Å². The topological polar surface area (TPSA) is 29.3 Å². The van der Waals surface area contributed by atoms with Crippen LogP contribution in [0.4, 0.5) is 5.69 Å². The molecule has 0 atom stereocenters. The molecule has 1 aromatic carbocycles. The van der Waals surface area contributed by atoms with Gasteiger partial charge in [-0.05, 0) is 36.6 Å². The first-order valence-corrected chi connectivity index (χ1v) is 7.90. The quantitative estimate of drug-likeness (QED) is 0.593. The number of fused-ring (bicyclic) bond motifs is 1. The molecular formula is C17H28N2. The third-order valence-corrected chi connectivity index (χ3v) is 4.22. The Kier molecular flexibility index (Phi) is 5.71. The Balaban J connectivity index is 1.71. The molecule has 0 spiro atoms. The van der Waals surface area contributed by atoms with E-state index in [2.05, 4.69) is 24.0 Å². The van der Waals surface area contributed by atoms with Gasteiger partial charge in [0.1, 0.15) is 0 Å². The van der Waals surface area contributed by atoms with Gasteiger partial charge in [0.05, 0.1) is 0 Å². The van der Waals surface area contributed by atoms with Crippen LogP contribution in [0.1, 0.15) is 56.6 Å². The average Bonchev–Trinajstić information content (AvgIpc) is 2.43. The molecule has 0 saturated carbocycles. The van der Waals surface area contributed by atoms with Gasteiger partial charge in [0.15, 0.2) is 0 Å². The van der Waals surface area contributed by atoms with E-state index >= 15 is 0 Å². The smallest absolute Gasteiger partial charge is 0.0362 e. The van der Waals surface area contributed by atoms with E-state index in [9.17, 15) is 0 Å². The van der Waals surface area contributed by atoms with Crippen molar-refractivity contribution in [1.82, 2.24) is 4.90 Å². The molecule has 0 amide bonds. The van der Waals surface area contributed by atoms with Crippen LogP contribution < -0.4 is 5.73 Å². The highest BCUT2D eigenvalue weighted by atomic mass is 15.1. The standard InChI is InChI=1S/C17H28N2/c1-2-3-4-5-6-7-12-19-13-11-15-9-8-10-17(18)16(15)14-19/h8-10H,2-7,11-14,18H2,1H3. The number of hydrogen-bond donors (Lipinski definition) is 1. The third-order valence-electron chi connectivity index (χ3n) is 4.22. The Morgan fingerprint density at radius 1 is 1.11 bits per heavy atom. The van der Waals surface area contributed by atoms with Crippen molar-refractivity contribution in [2.45, 2.75) is 58.4 Å². The van der Waals surface area contributed by atoms with Crippen molar-refractivity contribution in [1.29, 1.82) is 0 Å². The lowest BCUT2D eigenvalue weighted by molar-refractivity contribution is 0.248. The van der Waals surface area contributed by atoms with Crippen molar-refractivity contribution in [3.05, 3.63) is 29.3 Å². The first-order valence-electron chi connectivity index (χ1n) is 7.90. The predicted octanol–water partition coefficient (Wildman–Crippen LogP) is 3.99. The Bertz CT molecular complexity index is 387. The van der Waals surface area contributed by atoms with Gasteiger partial charge in [-0.25, -0.2) is 0 Å². The van der Waals surface area contributed by atoms with Gasteiger partial charge in [-0.15, -0.1) is 0 Å². The average molecular weight is 260 g/mol. The second-order valence-electron chi connectivity index (χ2n) is 5.78. The van der Waals surface area contributed by atoms with E-state index < -0.39 is 0 Å². The van der Waals surface area contributed by atoms with E-state index in [0.717, 1.165) is 18.7 Å². The van der Waals surface area contributed by atoms with Crippen LogP contribution in [0, 0.1) is 0 Å². The van der Waals surface area contributed by atoms with Crippen LogP contribution in [0.15, 0.2) is 18.2 Å². The first kappa shape index (κ1) is 14.4. The molecule has 0 aromatic heterocycles. The van der Waals surface area contributed by atoms with Gasteiger partial charge in [-0.3, -0.25) is 4.90 Å². The molecule has 2 heteroatoms.